The minimum absolute atomic E-state index is 0.0863. The summed E-state index contributed by atoms with van der Waals surface area (Å²) in [6, 6.07) is 0. The number of unbranched alkanes of at least 4 members (excludes halogenated alkanes) is 37. The first kappa shape index (κ1) is 75.6. The minimum Gasteiger partial charge on any atom is -0.462 e. The molecule has 0 saturated carbocycles. The van der Waals surface area contributed by atoms with E-state index in [0.717, 1.165) is 116 Å². The molecule has 0 aromatic heterocycles. The van der Waals surface area contributed by atoms with Crippen LogP contribution in [0.3, 0.4) is 0 Å². The molecule has 0 aliphatic rings. The van der Waals surface area contributed by atoms with Crippen molar-refractivity contribution in [1.82, 2.24) is 0 Å². The van der Waals surface area contributed by atoms with Crippen molar-refractivity contribution in [2.24, 2.45) is 0 Å². The number of rotatable bonds is 62. The monoisotopic (exact) mass is 1100 g/mol. The molecule has 6 nitrogen and oxygen atoms in total. The Kier molecular flexibility index (Phi) is 64.2. The molecular weight excluding hydrogens is 973 g/mol. The fraction of sp³-hybridized carbons (Fsp3) is 0.767. The Morgan fingerprint density at radius 2 is 0.494 bits per heavy atom. The molecule has 0 rings (SSSR count). The molecule has 456 valence electrons. The molecule has 6 heteroatoms. The van der Waals surface area contributed by atoms with Crippen molar-refractivity contribution in [1.29, 1.82) is 0 Å². The van der Waals surface area contributed by atoms with Gasteiger partial charge in [-0.25, -0.2) is 0 Å². The van der Waals surface area contributed by atoms with Crippen LogP contribution in [-0.4, -0.2) is 37.2 Å². The van der Waals surface area contributed by atoms with E-state index in [9.17, 15) is 14.4 Å². The van der Waals surface area contributed by atoms with Gasteiger partial charge in [0.15, 0.2) is 6.10 Å². The third-order valence-corrected chi connectivity index (χ3v) is 14.9. The average molecular weight is 1100 g/mol. The SMILES string of the molecule is CC/C=C\C/C=C\C/C=C\C/C=C\C/C=C\C/C=C\CCCCCCC(=O)OCC(COC(=O)CCCCCCC/C=C\CCCCCCCCC)OC(=O)CCCCCCCCCCCCCCCCCCCCCCCC. The van der Waals surface area contributed by atoms with Crippen molar-refractivity contribution >= 4 is 17.9 Å². The molecule has 0 heterocycles. The van der Waals surface area contributed by atoms with Crippen LogP contribution in [0, 0.1) is 0 Å². The van der Waals surface area contributed by atoms with Gasteiger partial charge in [-0.1, -0.05) is 311 Å². The standard InChI is InChI=1S/C73H128O6/c1-4-7-10-13-16-19-22-25-28-31-33-35-37-39-40-42-45-48-51-54-57-60-63-66-72(75)78-69-70(68-77-71(74)65-62-59-56-53-50-47-44-30-27-24-21-18-15-12-9-6-3)79-73(76)67-64-61-58-55-52-49-46-43-41-38-36-34-32-29-26-23-20-17-14-11-8-5-2/h7,10,16,19,25,28,30,33,35,39-40,44-45,48,70H,4-6,8-9,11-15,17-18,20-24,26-27,29,31-32,34,36-38,41-43,46-47,49-69H2,1-3H3/b10-7-,19-16-,28-25-,35-33-,40-39-,44-30-,48-45-. The van der Waals surface area contributed by atoms with E-state index in [0.29, 0.717) is 19.3 Å². The van der Waals surface area contributed by atoms with Crippen LogP contribution in [0.2, 0.25) is 0 Å². The molecule has 0 aromatic rings. The van der Waals surface area contributed by atoms with E-state index in [1.165, 1.54) is 186 Å². The van der Waals surface area contributed by atoms with Crippen LogP contribution < -0.4 is 0 Å². The smallest absolute Gasteiger partial charge is 0.306 e. The Balaban J connectivity index is 4.40. The molecule has 0 bridgehead atoms. The predicted octanol–water partition coefficient (Wildman–Crippen LogP) is 23.4. The average Bonchev–Trinajstić information content (AvgIpc) is 3.45. The zero-order valence-corrected chi connectivity index (χ0v) is 52.4. The molecule has 0 saturated heterocycles. The fourth-order valence-corrected chi connectivity index (χ4v) is 9.80. The van der Waals surface area contributed by atoms with Gasteiger partial charge in [-0.2, -0.15) is 0 Å². The number of hydrogen-bond donors (Lipinski definition) is 0. The van der Waals surface area contributed by atoms with Gasteiger partial charge in [0, 0.05) is 19.3 Å². The molecule has 1 unspecified atom stereocenters. The predicted molar refractivity (Wildman–Crippen MR) is 344 cm³/mol. The third kappa shape index (κ3) is 65.3. The van der Waals surface area contributed by atoms with E-state index in [1.807, 2.05) is 0 Å². The minimum atomic E-state index is -0.791. The number of hydrogen-bond acceptors (Lipinski definition) is 6. The summed E-state index contributed by atoms with van der Waals surface area (Å²) in [4.78, 5) is 38.4. The van der Waals surface area contributed by atoms with Crippen LogP contribution in [-0.2, 0) is 28.6 Å². The molecule has 0 N–H and O–H groups in total. The second kappa shape index (κ2) is 67.1. The summed E-state index contributed by atoms with van der Waals surface area (Å²) < 4.78 is 17.0. The Labute approximate surface area is 490 Å². The lowest BCUT2D eigenvalue weighted by molar-refractivity contribution is -0.167. The normalized spacial score (nSPS) is 12.6. The van der Waals surface area contributed by atoms with Crippen molar-refractivity contribution in [2.75, 3.05) is 13.2 Å². The molecule has 0 spiro atoms. The van der Waals surface area contributed by atoms with E-state index in [1.54, 1.807) is 0 Å². The first-order chi connectivity index (χ1) is 39.0. The summed E-state index contributed by atoms with van der Waals surface area (Å²) >= 11 is 0. The zero-order valence-electron chi connectivity index (χ0n) is 52.4. The van der Waals surface area contributed by atoms with E-state index in [4.69, 9.17) is 14.2 Å². The number of esters is 3. The molecule has 0 aliphatic heterocycles. The van der Waals surface area contributed by atoms with Crippen molar-refractivity contribution in [3.05, 3.63) is 85.1 Å². The largest absolute Gasteiger partial charge is 0.462 e. The van der Waals surface area contributed by atoms with E-state index < -0.39 is 6.10 Å². The van der Waals surface area contributed by atoms with Crippen LogP contribution in [0.25, 0.3) is 0 Å². The Bertz CT molecular complexity index is 1500. The van der Waals surface area contributed by atoms with Gasteiger partial charge >= 0.3 is 17.9 Å². The highest BCUT2D eigenvalue weighted by molar-refractivity contribution is 5.71. The topological polar surface area (TPSA) is 78.9 Å². The van der Waals surface area contributed by atoms with Gasteiger partial charge < -0.3 is 14.2 Å². The summed E-state index contributed by atoms with van der Waals surface area (Å²) in [5.41, 5.74) is 0. The van der Waals surface area contributed by atoms with Gasteiger partial charge in [-0.3, -0.25) is 14.4 Å². The van der Waals surface area contributed by atoms with E-state index in [2.05, 4.69) is 106 Å². The van der Waals surface area contributed by atoms with Crippen LogP contribution in [0.15, 0.2) is 85.1 Å². The molecule has 0 aromatic carbocycles. The first-order valence-electron chi connectivity index (χ1n) is 34.1. The second-order valence-electron chi connectivity index (χ2n) is 22.7. The second-order valence-corrected chi connectivity index (χ2v) is 22.7. The van der Waals surface area contributed by atoms with Gasteiger partial charge in [0.2, 0.25) is 0 Å². The molecule has 0 radical (unpaired) electrons. The number of ether oxygens (including phenoxy) is 3. The van der Waals surface area contributed by atoms with Crippen LogP contribution in [0.1, 0.15) is 342 Å². The Hall–Kier alpha value is -3.41. The summed E-state index contributed by atoms with van der Waals surface area (Å²) in [6.45, 7) is 6.55. The lowest BCUT2D eigenvalue weighted by Gasteiger charge is -2.18. The number of carbonyl (C=O) groups is 3. The molecule has 1 atom stereocenters. The van der Waals surface area contributed by atoms with Crippen molar-refractivity contribution < 1.29 is 28.6 Å². The van der Waals surface area contributed by atoms with Crippen molar-refractivity contribution in [3.8, 4) is 0 Å². The van der Waals surface area contributed by atoms with Crippen LogP contribution >= 0.6 is 0 Å². The molecule has 0 fully saturated rings. The lowest BCUT2D eigenvalue weighted by Crippen LogP contribution is -2.30. The maximum Gasteiger partial charge on any atom is 0.306 e. The van der Waals surface area contributed by atoms with Gasteiger partial charge in [0.05, 0.1) is 0 Å². The Morgan fingerprint density at radius 1 is 0.266 bits per heavy atom. The highest BCUT2D eigenvalue weighted by Crippen LogP contribution is 2.17. The van der Waals surface area contributed by atoms with Gasteiger partial charge in [-0.15, -0.1) is 0 Å². The summed E-state index contributed by atoms with van der Waals surface area (Å²) in [5.74, 6) is -0.901. The third-order valence-electron chi connectivity index (χ3n) is 14.9. The zero-order chi connectivity index (χ0) is 57.1. The lowest BCUT2D eigenvalue weighted by atomic mass is 10.0. The van der Waals surface area contributed by atoms with Gasteiger partial charge in [0.25, 0.3) is 0 Å². The fourth-order valence-electron chi connectivity index (χ4n) is 9.80. The number of carbonyl (C=O) groups excluding carboxylic acids is 3. The van der Waals surface area contributed by atoms with Gasteiger partial charge in [-0.05, 0) is 96.3 Å². The summed E-state index contributed by atoms with van der Waals surface area (Å²) in [5, 5.41) is 0. The molecule has 0 aliphatic carbocycles. The van der Waals surface area contributed by atoms with E-state index >= 15 is 0 Å². The number of allylic oxidation sites excluding steroid dienone is 14. The summed E-state index contributed by atoms with van der Waals surface area (Å²) in [6.07, 6.45) is 88.8. The van der Waals surface area contributed by atoms with Crippen molar-refractivity contribution in [2.45, 2.75) is 348 Å². The molecule has 79 heavy (non-hydrogen) atoms. The molecular formula is C73H128O6. The van der Waals surface area contributed by atoms with Gasteiger partial charge in [0.1, 0.15) is 13.2 Å². The first-order valence-corrected chi connectivity index (χ1v) is 34.1. The summed E-state index contributed by atoms with van der Waals surface area (Å²) in [7, 11) is 0. The van der Waals surface area contributed by atoms with Crippen molar-refractivity contribution in [3.63, 3.8) is 0 Å². The highest BCUT2D eigenvalue weighted by Gasteiger charge is 2.19. The van der Waals surface area contributed by atoms with Crippen LogP contribution in [0.5, 0.6) is 0 Å². The highest BCUT2D eigenvalue weighted by atomic mass is 16.6. The van der Waals surface area contributed by atoms with Crippen LogP contribution in [0.4, 0.5) is 0 Å². The molecule has 0 amide bonds. The maximum atomic E-state index is 13.0. The maximum absolute atomic E-state index is 13.0. The van der Waals surface area contributed by atoms with E-state index in [-0.39, 0.29) is 31.1 Å². The quantitative estimate of drug-likeness (QED) is 0.0261. The Morgan fingerprint density at radius 3 is 0.785 bits per heavy atom.